The average Bonchev–Trinajstić information content (AvgIpc) is 3.08. The lowest BCUT2D eigenvalue weighted by Crippen LogP contribution is -2.31. The number of nitrogens with one attached hydrogen (secondary N) is 1. The molecule has 0 bridgehead atoms. The summed E-state index contributed by atoms with van der Waals surface area (Å²) in [6.07, 6.45) is 5.08. The van der Waals surface area contributed by atoms with Crippen LogP contribution in [0.15, 0.2) is 48.7 Å². The average molecular weight is 339 g/mol. The number of carbonyl (C=O) groups is 1. The van der Waals surface area contributed by atoms with E-state index in [0.717, 1.165) is 25.1 Å². The van der Waals surface area contributed by atoms with Gasteiger partial charge >= 0.3 is 0 Å². The number of pyridine rings is 1. The van der Waals surface area contributed by atoms with Crippen LogP contribution in [0.4, 0.5) is 5.82 Å². The Labute approximate surface area is 149 Å². The minimum absolute atomic E-state index is 0.0380. The molecule has 25 heavy (non-hydrogen) atoms. The highest BCUT2D eigenvalue weighted by Crippen LogP contribution is 2.26. The smallest absolute Gasteiger partial charge is 0.254 e. The van der Waals surface area contributed by atoms with Crippen molar-refractivity contribution in [1.29, 1.82) is 0 Å². The monoisotopic (exact) mass is 339 g/mol. The Hall–Kier alpha value is -2.40. The molecule has 0 spiro atoms. The van der Waals surface area contributed by atoms with Crippen molar-refractivity contribution in [2.24, 2.45) is 0 Å². The van der Waals surface area contributed by atoms with Crippen molar-refractivity contribution < 1.29 is 9.53 Å². The minimum Gasteiger partial charge on any atom is -0.371 e. The van der Waals surface area contributed by atoms with Crippen molar-refractivity contribution in [3.63, 3.8) is 0 Å². The molecule has 1 heterocycles. The van der Waals surface area contributed by atoms with Gasteiger partial charge in [0.05, 0.1) is 24.3 Å². The summed E-state index contributed by atoms with van der Waals surface area (Å²) in [5, 5.41) is 3.46. The lowest BCUT2D eigenvalue weighted by molar-refractivity contribution is 0.0394. The Bertz CT molecular complexity index is 686. The summed E-state index contributed by atoms with van der Waals surface area (Å²) < 4.78 is 6.12. The minimum atomic E-state index is -0.0380. The SMILES string of the molecule is CN(C)C(=O)c1ccc(N[C@@H]2CCC[C@H]2OCc2ccccc2)nc1. The summed E-state index contributed by atoms with van der Waals surface area (Å²) >= 11 is 0. The van der Waals surface area contributed by atoms with Crippen LogP contribution in [0, 0.1) is 0 Å². The fourth-order valence-corrected chi connectivity index (χ4v) is 3.12. The molecule has 5 nitrogen and oxygen atoms in total. The molecule has 1 amide bonds. The molecule has 0 unspecified atom stereocenters. The highest BCUT2D eigenvalue weighted by molar-refractivity contribution is 5.93. The van der Waals surface area contributed by atoms with E-state index >= 15 is 0 Å². The van der Waals surface area contributed by atoms with Crippen LogP contribution in [0.5, 0.6) is 0 Å². The predicted molar refractivity (Wildman–Crippen MR) is 98.5 cm³/mol. The third-order valence-electron chi connectivity index (χ3n) is 4.51. The van der Waals surface area contributed by atoms with E-state index < -0.39 is 0 Å². The molecule has 132 valence electrons. The Morgan fingerprint density at radius 1 is 1.20 bits per heavy atom. The van der Waals surface area contributed by atoms with Crippen LogP contribution in [-0.2, 0) is 11.3 Å². The fraction of sp³-hybridized carbons (Fsp3) is 0.400. The lowest BCUT2D eigenvalue weighted by atomic mass is 10.2. The van der Waals surface area contributed by atoms with Gasteiger partial charge in [-0.15, -0.1) is 0 Å². The van der Waals surface area contributed by atoms with Gasteiger partial charge in [0.2, 0.25) is 0 Å². The molecule has 2 aromatic rings. The van der Waals surface area contributed by atoms with E-state index in [1.165, 1.54) is 5.56 Å². The molecule has 1 N–H and O–H groups in total. The van der Waals surface area contributed by atoms with Gasteiger partial charge in [-0.1, -0.05) is 30.3 Å². The van der Waals surface area contributed by atoms with Crippen LogP contribution in [0.1, 0.15) is 35.2 Å². The number of rotatable bonds is 6. The second kappa shape index (κ2) is 8.12. The van der Waals surface area contributed by atoms with Crippen LogP contribution in [0.2, 0.25) is 0 Å². The molecule has 3 rings (SSSR count). The molecule has 0 aliphatic heterocycles. The number of nitrogens with zero attached hydrogens (tertiary/aromatic N) is 2. The zero-order chi connectivity index (χ0) is 17.6. The molecular weight excluding hydrogens is 314 g/mol. The van der Waals surface area contributed by atoms with Gasteiger partial charge in [0.15, 0.2) is 0 Å². The third-order valence-corrected chi connectivity index (χ3v) is 4.51. The number of benzene rings is 1. The largest absolute Gasteiger partial charge is 0.371 e. The van der Waals surface area contributed by atoms with Gasteiger partial charge in [-0.3, -0.25) is 4.79 Å². The topological polar surface area (TPSA) is 54.5 Å². The fourth-order valence-electron chi connectivity index (χ4n) is 3.12. The Morgan fingerprint density at radius 3 is 2.68 bits per heavy atom. The molecule has 0 saturated heterocycles. The molecule has 1 aliphatic carbocycles. The van der Waals surface area contributed by atoms with Crippen molar-refractivity contribution in [3.05, 3.63) is 59.8 Å². The zero-order valence-electron chi connectivity index (χ0n) is 14.8. The normalized spacial score (nSPS) is 19.6. The molecule has 1 aromatic heterocycles. The molecule has 1 aromatic carbocycles. The van der Waals surface area contributed by atoms with Gasteiger partial charge in [-0.25, -0.2) is 4.98 Å². The van der Waals surface area contributed by atoms with Crippen molar-refractivity contribution in [1.82, 2.24) is 9.88 Å². The van der Waals surface area contributed by atoms with E-state index in [9.17, 15) is 4.79 Å². The Kier molecular flexibility index (Phi) is 5.66. The molecule has 1 fully saturated rings. The Balaban J connectivity index is 1.57. The first-order valence-electron chi connectivity index (χ1n) is 8.73. The predicted octanol–water partition coefficient (Wildman–Crippen LogP) is 3.33. The van der Waals surface area contributed by atoms with Crippen LogP contribution >= 0.6 is 0 Å². The first-order valence-corrected chi connectivity index (χ1v) is 8.73. The van der Waals surface area contributed by atoms with Gasteiger partial charge in [-0.05, 0) is 37.0 Å². The highest BCUT2D eigenvalue weighted by Gasteiger charge is 2.28. The first kappa shape index (κ1) is 17.4. The van der Waals surface area contributed by atoms with Crippen molar-refractivity contribution in [2.45, 2.75) is 38.0 Å². The maximum Gasteiger partial charge on any atom is 0.254 e. The van der Waals surface area contributed by atoms with Crippen molar-refractivity contribution >= 4 is 11.7 Å². The van der Waals surface area contributed by atoms with E-state index in [1.54, 1.807) is 25.2 Å². The van der Waals surface area contributed by atoms with Crippen LogP contribution in [0.25, 0.3) is 0 Å². The quantitative estimate of drug-likeness (QED) is 0.877. The van der Waals surface area contributed by atoms with Gasteiger partial charge in [0.1, 0.15) is 5.82 Å². The number of anilines is 1. The second-order valence-corrected chi connectivity index (χ2v) is 6.65. The van der Waals surface area contributed by atoms with Gasteiger partial charge in [0.25, 0.3) is 5.91 Å². The van der Waals surface area contributed by atoms with E-state index in [4.69, 9.17) is 4.74 Å². The summed E-state index contributed by atoms with van der Waals surface area (Å²) in [5.74, 6) is 0.750. The molecular formula is C20H25N3O2. The number of aromatic nitrogens is 1. The number of hydrogen-bond acceptors (Lipinski definition) is 4. The van der Waals surface area contributed by atoms with Gasteiger partial charge in [-0.2, -0.15) is 0 Å². The molecule has 1 aliphatic rings. The summed E-state index contributed by atoms with van der Waals surface area (Å²) in [7, 11) is 3.48. The summed E-state index contributed by atoms with van der Waals surface area (Å²) in [6.45, 7) is 0.632. The number of hydrogen-bond donors (Lipinski definition) is 1. The highest BCUT2D eigenvalue weighted by atomic mass is 16.5. The number of amides is 1. The number of ether oxygens (including phenoxy) is 1. The van der Waals surface area contributed by atoms with Gasteiger partial charge in [0, 0.05) is 20.3 Å². The van der Waals surface area contributed by atoms with E-state index in [2.05, 4.69) is 22.4 Å². The maximum absolute atomic E-state index is 11.9. The maximum atomic E-state index is 11.9. The van der Waals surface area contributed by atoms with E-state index in [-0.39, 0.29) is 18.1 Å². The second-order valence-electron chi connectivity index (χ2n) is 6.65. The third kappa shape index (κ3) is 4.57. The van der Waals surface area contributed by atoms with E-state index in [1.807, 2.05) is 30.3 Å². The standard InChI is InChI=1S/C20H25N3O2/c1-23(2)20(24)16-11-12-19(21-13-16)22-17-9-6-10-18(17)25-14-15-7-4-3-5-8-15/h3-5,7-8,11-13,17-18H,6,9-10,14H2,1-2H3,(H,21,22)/t17-,18-/m1/s1. The van der Waals surface area contributed by atoms with Crippen LogP contribution in [0.3, 0.4) is 0 Å². The van der Waals surface area contributed by atoms with Gasteiger partial charge < -0.3 is 15.0 Å². The summed E-state index contributed by atoms with van der Waals surface area (Å²) in [4.78, 5) is 17.9. The number of carbonyl (C=O) groups excluding carboxylic acids is 1. The molecule has 2 atom stereocenters. The van der Waals surface area contributed by atoms with E-state index in [0.29, 0.717) is 12.2 Å². The Morgan fingerprint density at radius 2 is 2.00 bits per heavy atom. The summed E-state index contributed by atoms with van der Waals surface area (Å²) in [6, 6.07) is 14.2. The van der Waals surface area contributed by atoms with Crippen LogP contribution in [-0.4, -0.2) is 42.0 Å². The summed E-state index contributed by atoms with van der Waals surface area (Å²) in [5.41, 5.74) is 1.79. The lowest BCUT2D eigenvalue weighted by Gasteiger charge is -2.22. The van der Waals surface area contributed by atoms with Crippen molar-refractivity contribution in [2.75, 3.05) is 19.4 Å². The molecule has 1 saturated carbocycles. The molecule has 0 radical (unpaired) electrons. The van der Waals surface area contributed by atoms with Crippen molar-refractivity contribution in [3.8, 4) is 0 Å². The molecule has 5 heteroatoms. The first-order chi connectivity index (χ1) is 12.1. The zero-order valence-corrected chi connectivity index (χ0v) is 14.8. The van der Waals surface area contributed by atoms with Crippen LogP contribution < -0.4 is 5.32 Å².